The van der Waals surface area contributed by atoms with E-state index in [9.17, 15) is 0 Å². The summed E-state index contributed by atoms with van der Waals surface area (Å²) >= 11 is 0. The number of benzene rings is 1. The van der Waals surface area contributed by atoms with Crippen LogP contribution >= 0.6 is 0 Å². The average molecular weight is 207 g/mol. The summed E-state index contributed by atoms with van der Waals surface area (Å²) in [4.78, 5) is 0. The Balaban J connectivity index is 2.30. The van der Waals surface area contributed by atoms with E-state index in [1.54, 1.807) is 0 Å². The van der Waals surface area contributed by atoms with Gasteiger partial charge in [-0.3, -0.25) is 0 Å². The maximum atomic E-state index is 3.43. The van der Waals surface area contributed by atoms with Gasteiger partial charge in [0.05, 0.1) is 0 Å². The van der Waals surface area contributed by atoms with Crippen molar-refractivity contribution in [1.82, 2.24) is 10.6 Å². The van der Waals surface area contributed by atoms with Gasteiger partial charge < -0.3 is 16.0 Å². The smallest absolute Gasteiger partial charge is 0.0383 e. The van der Waals surface area contributed by atoms with Crippen molar-refractivity contribution in [3.05, 3.63) is 29.8 Å². The molecule has 0 unspecified atom stereocenters. The molecule has 0 fully saturated rings. The molecule has 1 rings (SSSR count). The molecular weight excluding hydrogens is 186 g/mol. The first kappa shape index (κ1) is 12.0. The van der Waals surface area contributed by atoms with E-state index in [0.29, 0.717) is 0 Å². The van der Waals surface area contributed by atoms with Crippen molar-refractivity contribution in [3.8, 4) is 0 Å². The summed E-state index contributed by atoms with van der Waals surface area (Å²) in [6.07, 6.45) is 1.16. The fourth-order valence-corrected chi connectivity index (χ4v) is 1.53. The number of hydrogen-bond acceptors (Lipinski definition) is 3. The zero-order valence-corrected chi connectivity index (χ0v) is 9.64. The minimum absolute atomic E-state index is 0.931. The Bertz CT molecular complexity index is 273. The number of hydrogen-bond donors (Lipinski definition) is 3. The Kier molecular flexibility index (Phi) is 5.81. The number of para-hydroxylation sites is 1. The van der Waals surface area contributed by atoms with Crippen LogP contribution in [0.4, 0.5) is 5.69 Å². The van der Waals surface area contributed by atoms with E-state index < -0.39 is 0 Å². The first-order valence-electron chi connectivity index (χ1n) is 5.49. The summed E-state index contributed by atoms with van der Waals surface area (Å²) in [6, 6.07) is 8.38. The molecule has 84 valence electrons. The summed E-state index contributed by atoms with van der Waals surface area (Å²) in [5.74, 6) is 0. The van der Waals surface area contributed by atoms with Gasteiger partial charge in [-0.15, -0.1) is 0 Å². The fraction of sp³-hybridized carbons (Fsp3) is 0.500. The molecule has 0 saturated carbocycles. The van der Waals surface area contributed by atoms with Crippen molar-refractivity contribution in [1.29, 1.82) is 0 Å². The number of rotatable bonds is 7. The highest BCUT2D eigenvalue weighted by Gasteiger charge is 1.97. The summed E-state index contributed by atoms with van der Waals surface area (Å²) in [7, 11) is 3.94. The lowest BCUT2D eigenvalue weighted by Gasteiger charge is -2.09. The van der Waals surface area contributed by atoms with Crippen LogP contribution in [-0.2, 0) is 6.54 Å². The summed E-state index contributed by atoms with van der Waals surface area (Å²) < 4.78 is 0. The van der Waals surface area contributed by atoms with Crippen LogP contribution in [0, 0.1) is 0 Å². The first-order valence-corrected chi connectivity index (χ1v) is 5.49. The van der Waals surface area contributed by atoms with Crippen LogP contribution in [0.15, 0.2) is 24.3 Å². The highest BCUT2D eigenvalue weighted by molar-refractivity contribution is 5.50. The average Bonchev–Trinajstić information content (AvgIpc) is 2.29. The van der Waals surface area contributed by atoms with E-state index in [-0.39, 0.29) is 0 Å². The van der Waals surface area contributed by atoms with Crippen LogP contribution < -0.4 is 16.0 Å². The van der Waals surface area contributed by atoms with Crippen molar-refractivity contribution in [2.24, 2.45) is 0 Å². The van der Waals surface area contributed by atoms with Crippen molar-refractivity contribution in [2.75, 3.05) is 32.5 Å². The molecule has 0 saturated heterocycles. The zero-order chi connectivity index (χ0) is 10.9. The maximum absolute atomic E-state index is 3.43. The SMILES string of the molecule is CNCCCNCc1ccccc1NC. The van der Waals surface area contributed by atoms with Crippen LogP contribution in [0.2, 0.25) is 0 Å². The predicted octanol–water partition coefficient (Wildman–Crippen LogP) is 1.43. The highest BCUT2D eigenvalue weighted by atomic mass is 14.9. The summed E-state index contributed by atoms with van der Waals surface area (Å²) in [6.45, 7) is 3.06. The van der Waals surface area contributed by atoms with Crippen molar-refractivity contribution < 1.29 is 0 Å². The fourth-order valence-electron chi connectivity index (χ4n) is 1.53. The monoisotopic (exact) mass is 207 g/mol. The first-order chi connectivity index (χ1) is 7.38. The van der Waals surface area contributed by atoms with Gasteiger partial charge in [-0.25, -0.2) is 0 Å². The van der Waals surface area contributed by atoms with Gasteiger partial charge >= 0.3 is 0 Å². The lowest BCUT2D eigenvalue weighted by molar-refractivity contribution is 0.626. The molecule has 0 aliphatic heterocycles. The van der Waals surface area contributed by atoms with E-state index >= 15 is 0 Å². The van der Waals surface area contributed by atoms with Crippen molar-refractivity contribution in [2.45, 2.75) is 13.0 Å². The molecule has 3 heteroatoms. The van der Waals surface area contributed by atoms with Gasteiger partial charge in [-0.2, -0.15) is 0 Å². The van der Waals surface area contributed by atoms with Gasteiger partial charge in [0.2, 0.25) is 0 Å². The molecule has 1 aromatic carbocycles. The molecule has 0 amide bonds. The van der Waals surface area contributed by atoms with E-state index in [1.165, 1.54) is 11.3 Å². The molecule has 0 atom stereocenters. The lowest BCUT2D eigenvalue weighted by atomic mass is 10.2. The molecule has 0 spiro atoms. The molecule has 15 heavy (non-hydrogen) atoms. The number of anilines is 1. The van der Waals surface area contributed by atoms with Gasteiger partial charge in [0.15, 0.2) is 0 Å². The van der Waals surface area contributed by atoms with Crippen molar-refractivity contribution >= 4 is 5.69 Å². The van der Waals surface area contributed by atoms with E-state index in [0.717, 1.165) is 26.1 Å². The molecule has 0 heterocycles. The number of nitrogens with one attached hydrogen (secondary N) is 3. The molecule has 3 N–H and O–H groups in total. The van der Waals surface area contributed by atoms with Gasteiger partial charge in [0, 0.05) is 19.3 Å². The van der Waals surface area contributed by atoms with Gasteiger partial charge in [-0.05, 0) is 38.2 Å². The third-order valence-corrected chi connectivity index (χ3v) is 2.38. The van der Waals surface area contributed by atoms with Crippen molar-refractivity contribution in [3.63, 3.8) is 0 Å². The van der Waals surface area contributed by atoms with Gasteiger partial charge in [0.25, 0.3) is 0 Å². The molecule has 0 bridgehead atoms. The normalized spacial score (nSPS) is 10.3. The third kappa shape index (κ3) is 4.32. The van der Waals surface area contributed by atoms with Crippen LogP contribution in [0.5, 0.6) is 0 Å². The molecule has 1 aromatic rings. The van der Waals surface area contributed by atoms with E-state index in [1.807, 2.05) is 14.1 Å². The predicted molar refractivity (Wildman–Crippen MR) is 66.2 cm³/mol. The van der Waals surface area contributed by atoms with Crippen LogP contribution in [-0.4, -0.2) is 27.2 Å². The quantitative estimate of drug-likeness (QED) is 0.592. The third-order valence-electron chi connectivity index (χ3n) is 2.38. The largest absolute Gasteiger partial charge is 0.388 e. The Morgan fingerprint density at radius 3 is 2.60 bits per heavy atom. The Labute approximate surface area is 92.3 Å². The minimum Gasteiger partial charge on any atom is -0.388 e. The standard InChI is InChI=1S/C12H21N3/c1-13-8-5-9-15-10-11-6-3-4-7-12(11)14-2/h3-4,6-7,13-15H,5,8-10H2,1-2H3. The zero-order valence-electron chi connectivity index (χ0n) is 9.64. The Hall–Kier alpha value is -1.06. The molecule has 0 radical (unpaired) electrons. The maximum Gasteiger partial charge on any atom is 0.0383 e. The van der Waals surface area contributed by atoms with E-state index in [4.69, 9.17) is 0 Å². The minimum atomic E-state index is 0.931. The second-order valence-electron chi connectivity index (χ2n) is 3.54. The van der Waals surface area contributed by atoms with Crippen LogP contribution in [0.1, 0.15) is 12.0 Å². The topological polar surface area (TPSA) is 36.1 Å². The van der Waals surface area contributed by atoms with Gasteiger partial charge in [0.1, 0.15) is 0 Å². The van der Waals surface area contributed by atoms with E-state index in [2.05, 4.69) is 40.2 Å². The molecule has 0 aromatic heterocycles. The summed E-state index contributed by atoms with van der Waals surface area (Å²) in [5.41, 5.74) is 2.53. The second-order valence-corrected chi connectivity index (χ2v) is 3.54. The van der Waals surface area contributed by atoms with Gasteiger partial charge in [-0.1, -0.05) is 18.2 Å². The lowest BCUT2D eigenvalue weighted by Crippen LogP contribution is -2.19. The highest BCUT2D eigenvalue weighted by Crippen LogP contribution is 2.13. The van der Waals surface area contributed by atoms with Crippen LogP contribution in [0.25, 0.3) is 0 Å². The molecular formula is C12H21N3. The Morgan fingerprint density at radius 1 is 1.07 bits per heavy atom. The van der Waals surface area contributed by atoms with Crippen LogP contribution in [0.3, 0.4) is 0 Å². The molecule has 0 aliphatic rings. The molecule has 0 aliphatic carbocycles. The summed E-state index contributed by atoms with van der Waals surface area (Å²) in [5, 5.41) is 9.76. The molecule has 3 nitrogen and oxygen atoms in total. The second kappa shape index (κ2) is 7.26. The Morgan fingerprint density at radius 2 is 1.87 bits per heavy atom.